The van der Waals surface area contributed by atoms with E-state index >= 15 is 4.79 Å². The third-order valence-electron chi connectivity index (χ3n) is 20.3. The number of phenolic OH excluding ortho intramolecular Hbond substituents is 1. The third-order valence-corrected chi connectivity index (χ3v) is 20.3. The number of carboxylic acid groups (broad SMARTS) is 7. The first-order valence-corrected chi connectivity index (χ1v) is 41.5. The van der Waals surface area contributed by atoms with Crippen LogP contribution in [0.5, 0.6) is 5.75 Å². The van der Waals surface area contributed by atoms with E-state index in [9.17, 15) is 132 Å². The number of carbonyl (C=O) groups excluding carboxylic acids is 14. The van der Waals surface area contributed by atoms with E-state index in [4.69, 9.17) is 22.3 Å². The van der Waals surface area contributed by atoms with E-state index in [-0.39, 0.29) is 57.2 Å². The number of hydrogen-bond acceptors (Lipinski definition) is 24. The molecule has 27 N–H and O–H groups in total. The second-order valence-electron chi connectivity index (χ2n) is 31.0. The number of rotatable bonds is 60. The number of aliphatic carboxylic acids is 7. The van der Waals surface area contributed by atoms with Crippen molar-refractivity contribution in [1.29, 1.82) is 0 Å². The first kappa shape index (κ1) is 108. The Morgan fingerprint density at radius 2 is 0.577 bits per heavy atom. The van der Waals surface area contributed by atoms with E-state index in [1.165, 1.54) is 38.1 Å². The molecule has 708 valence electrons. The number of phenols is 1. The van der Waals surface area contributed by atoms with Gasteiger partial charge in [0.15, 0.2) is 0 Å². The van der Waals surface area contributed by atoms with E-state index in [0.717, 1.165) is 5.56 Å². The molecule has 0 saturated heterocycles. The van der Waals surface area contributed by atoms with Gasteiger partial charge in [0, 0.05) is 44.9 Å². The largest absolute Gasteiger partial charge is 0.508 e. The minimum Gasteiger partial charge on any atom is -0.508 e. The molecule has 0 saturated carbocycles. The fourth-order valence-electron chi connectivity index (χ4n) is 13.0. The zero-order chi connectivity index (χ0) is 97.0. The Labute approximate surface area is 745 Å². The predicted octanol–water partition coefficient (Wildman–Crippen LogP) is -3.51. The minimum absolute atomic E-state index is 0.0357. The normalized spacial score (nSPS) is 14.5. The summed E-state index contributed by atoms with van der Waals surface area (Å²) in [6.45, 7) is 6.25. The molecule has 0 aromatic heterocycles. The van der Waals surface area contributed by atoms with Gasteiger partial charge in [0.1, 0.15) is 84.3 Å². The molecule has 0 spiro atoms. The Morgan fingerprint density at radius 3 is 0.923 bits per heavy atom. The molecule has 0 bridgehead atoms. The number of carbonyl (C=O) groups is 21. The highest BCUT2D eigenvalue weighted by Crippen LogP contribution is 2.19. The molecule has 0 aliphatic rings. The standard InChI is InChI=1S/C85H114N16O29/c1-5-45(4)71(101-82(126)58(40-49-24-26-50(102)27-25-49)94-72(116)51(87)37-46-17-9-6-10-18-46)84(128)98-57(38-47-19-11-7-12-20-47)78(122)95-59(39-48-21-13-8-14-22-48)81(125)100-70(44(2)3)83(127)93-56(31-35-66(108)109)77(121)96-60(41-67(110)111)79(123)92-53(28-32-63(88)103)74(118)89-52(23-15-16-36-86)73(117)90-54(29-33-64(104)105)75(119)91-55(30-34-65(106)107)76(120)97-61(42-68(112)113)80(124)99-62(85(129)130)43-69(114)115/h6-14,17-22,24-27,44-45,51-62,70-71,102H,5,15-16,23,28-43,86-87H2,1-4H3,(H2,88,103)(H,89,118)(H,90,117)(H,91,119)(H,92,123)(H,93,127)(H,94,116)(H,95,122)(H,96,121)(H,97,120)(H,98,128)(H,99,124)(H,100,125)(H,101,126)(H,104,105)(H,106,107)(H,108,109)(H,110,111)(H,112,113)(H,114,115)(H,129,130)/t45-,51-,52-,53-,54-,55-,56-,57-,58-,59-,60-,61-,62-,70-,71-/m0/s1. The van der Waals surface area contributed by atoms with E-state index in [2.05, 4.69) is 58.5 Å². The molecule has 0 aliphatic heterocycles. The molecule has 45 heteroatoms. The fourth-order valence-corrected chi connectivity index (χ4v) is 13.0. The lowest BCUT2D eigenvalue weighted by molar-refractivity contribution is -0.148. The van der Waals surface area contributed by atoms with Gasteiger partial charge < -0.3 is 127 Å². The molecule has 130 heavy (non-hydrogen) atoms. The number of carboxylic acids is 7. The van der Waals surface area contributed by atoms with Crippen molar-refractivity contribution in [3.05, 3.63) is 138 Å². The van der Waals surface area contributed by atoms with Gasteiger partial charge in [0.25, 0.3) is 0 Å². The van der Waals surface area contributed by atoms with E-state index in [1.54, 1.807) is 110 Å². The van der Waals surface area contributed by atoms with Crippen molar-refractivity contribution < 1.29 is 142 Å². The minimum atomic E-state index is -2.28. The van der Waals surface area contributed by atoms with Crippen molar-refractivity contribution in [1.82, 2.24) is 69.1 Å². The summed E-state index contributed by atoms with van der Waals surface area (Å²) in [5.74, 6) is -30.6. The van der Waals surface area contributed by atoms with Crippen LogP contribution in [0.4, 0.5) is 0 Å². The zero-order valence-electron chi connectivity index (χ0n) is 71.7. The molecule has 4 aromatic carbocycles. The Kier molecular flexibility index (Phi) is 45.7. The SMILES string of the molecule is CC[C@H](C)[C@H](NC(=O)[C@H](Cc1ccc(O)cc1)NC(=O)[C@@H](N)Cc1ccccc1)C(=O)N[C@@H](Cc1ccccc1)C(=O)N[C@@H](Cc1ccccc1)C(=O)N[C@H](C(=O)N[C@@H](CCC(=O)O)C(=O)N[C@@H](CC(=O)O)C(=O)N[C@@H](CCC(N)=O)C(=O)N[C@@H](CCCCN)C(=O)N[C@@H](CCC(=O)O)C(=O)N[C@@H](CCC(=O)O)C(=O)N[C@@H](CC(=O)O)C(=O)N[C@@H](CC(=O)O)C(=O)O)C(C)C. The molecule has 4 aromatic rings. The Hall–Kier alpha value is -14.5. The number of amides is 14. The average Bonchev–Trinajstić information content (AvgIpc) is 0.853. The molecule has 0 unspecified atom stereocenters. The van der Waals surface area contributed by atoms with Gasteiger partial charge in [-0.2, -0.15) is 0 Å². The van der Waals surface area contributed by atoms with Crippen LogP contribution in [0.1, 0.15) is 146 Å². The molecular formula is C85H114N16O29. The van der Waals surface area contributed by atoms with Gasteiger partial charge in [0.05, 0.1) is 25.3 Å². The summed E-state index contributed by atoms with van der Waals surface area (Å²) >= 11 is 0. The second-order valence-corrected chi connectivity index (χ2v) is 31.0. The maximum Gasteiger partial charge on any atom is 0.326 e. The predicted molar refractivity (Wildman–Crippen MR) is 456 cm³/mol. The van der Waals surface area contributed by atoms with Crippen molar-refractivity contribution in [3.63, 3.8) is 0 Å². The number of hydrogen-bond donors (Lipinski definition) is 24. The number of unbranched alkanes of at least 4 members (excludes halogenated alkanes) is 1. The number of nitrogens with one attached hydrogen (secondary N) is 13. The monoisotopic (exact) mass is 1820 g/mol. The number of benzene rings is 4. The highest BCUT2D eigenvalue weighted by Gasteiger charge is 2.41. The smallest absolute Gasteiger partial charge is 0.326 e. The first-order chi connectivity index (χ1) is 61.4. The first-order valence-electron chi connectivity index (χ1n) is 41.5. The van der Waals surface area contributed by atoms with Crippen molar-refractivity contribution in [2.75, 3.05) is 6.54 Å². The van der Waals surface area contributed by atoms with Gasteiger partial charge in [0.2, 0.25) is 82.7 Å². The summed E-state index contributed by atoms with van der Waals surface area (Å²) in [4.78, 5) is 283. The maximum atomic E-state index is 15.1. The molecule has 45 nitrogen and oxygen atoms in total. The lowest BCUT2D eigenvalue weighted by Gasteiger charge is -2.30. The van der Waals surface area contributed by atoms with Gasteiger partial charge in [-0.05, 0) is 104 Å². The summed E-state index contributed by atoms with van der Waals surface area (Å²) in [7, 11) is 0. The number of primary amides is 1. The lowest BCUT2D eigenvalue weighted by Crippen LogP contribution is -2.62. The Bertz CT molecular complexity index is 4610. The Morgan fingerprint density at radius 1 is 0.300 bits per heavy atom. The summed E-state index contributed by atoms with van der Waals surface area (Å²) in [6.07, 6.45) is -11.4. The molecule has 0 radical (unpaired) electrons. The van der Waals surface area contributed by atoms with Crippen LogP contribution >= 0.6 is 0 Å². The van der Waals surface area contributed by atoms with Crippen LogP contribution in [0, 0.1) is 11.8 Å². The molecule has 0 aliphatic carbocycles. The van der Waals surface area contributed by atoms with Crippen molar-refractivity contribution in [3.8, 4) is 5.75 Å². The van der Waals surface area contributed by atoms with Crippen LogP contribution < -0.4 is 86.3 Å². The van der Waals surface area contributed by atoms with Gasteiger partial charge in [-0.15, -0.1) is 0 Å². The summed E-state index contributed by atoms with van der Waals surface area (Å²) in [5.41, 5.74) is 19.7. The quantitative estimate of drug-likeness (QED) is 0.0191. The molecule has 15 atom stereocenters. The average molecular weight is 1820 g/mol. The van der Waals surface area contributed by atoms with Gasteiger partial charge in [-0.3, -0.25) is 95.9 Å². The molecule has 0 fully saturated rings. The topological polar surface area (TPSA) is 755 Å². The van der Waals surface area contributed by atoms with E-state index in [0.29, 0.717) is 16.7 Å². The van der Waals surface area contributed by atoms with E-state index in [1.807, 2.05) is 5.32 Å². The van der Waals surface area contributed by atoms with Gasteiger partial charge in [-0.25, -0.2) is 4.79 Å². The molecule has 14 amide bonds. The van der Waals surface area contributed by atoms with Crippen molar-refractivity contribution >= 4 is 124 Å². The van der Waals surface area contributed by atoms with Crippen molar-refractivity contribution in [2.24, 2.45) is 29.0 Å². The second kappa shape index (κ2) is 55.2. The van der Waals surface area contributed by atoms with Crippen LogP contribution in [-0.4, -0.2) is 256 Å². The van der Waals surface area contributed by atoms with Crippen LogP contribution in [0.15, 0.2) is 115 Å². The third kappa shape index (κ3) is 39.6. The van der Waals surface area contributed by atoms with Gasteiger partial charge in [-0.1, -0.05) is 137 Å². The highest BCUT2D eigenvalue weighted by molar-refractivity contribution is 6.02. The Balaban J connectivity index is 1.67. The summed E-state index contributed by atoms with van der Waals surface area (Å²) < 4.78 is 0. The zero-order valence-corrected chi connectivity index (χ0v) is 71.7. The van der Waals surface area contributed by atoms with Gasteiger partial charge >= 0.3 is 41.8 Å². The summed E-state index contributed by atoms with van der Waals surface area (Å²) in [5, 5.41) is 108. The number of aromatic hydroxyl groups is 1. The van der Waals surface area contributed by atoms with E-state index < -0.39 is 298 Å². The van der Waals surface area contributed by atoms with Crippen LogP contribution in [0.2, 0.25) is 0 Å². The van der Waals surface area contributed by atoms with Crippen LogP contribution in [0.3, 0.4) is 0 Å². The summed E-state index contributed by atoms with van der Waals surface area (Å²) in [6, 6.07) is 5.60. The highest BCUT2D eigenvalue weighted by atomic mass is 16.4. The molecule has 4 rings (SSSR count). The lowest BCUT2D eigenvalue weighted by atomic mass is 9.96. The molecular weight excluding hydrogens is 1710 g/mol. The molecule has 0 heterocycles. The number of nitrogens with two attached hydrogens (primary N) is 3. The fraction of sp³-hybridized carbons (Fsp3) is 0.471. The van der Waals surface area contributed by atoms with Crippen LogP contribution in [-0.2, 0) is 126 Å². The maximum absolute atomic E-state index is 15.1. The van der Waals surface area contributed by atoms with Crippen LogP contribution in [0.25, 0.3) is 0 Å². The van der Waals surface area contributed by atoms with Crippen molar-refractivity contribution in [2.45, 2.75) is 234 Å².